The summed E-state index contributed by atoms with van der Waals surface area (Å²) in [6, 6.07) is 1.01. The molecule has 0 saturated heterocycles. The van der Waals surface area contributed by atoms with Crippen LogP contribution in [0.5, 0.6) is 0 Å². The van der Waals surface area contributed by atoms with Gasteiger partial charge in [-0.05, 0) is 31.6 Å². The molecule has 0 bridgehead atoms. The van der Waals surface area contributed by atoms with E-state index < -0.39 is 35.3 Å². The lowest BCUT2D eigenvalue weighted by molar-refractivity contribution is -0.384. The van der Waals surface area contributed by atoms with Crippen molar-refractivity contribution < 1.29 is 17.6 Å². The smallest absolute Gasteiger partial charge is 0.312 e. The van der Waals surface area contributed by atoms with Gasteiger partial charge in [-0.3, -0.25) is 10.1 Å². The largest absolute Gasteiger partial charge is 0.364 e. The highest BCUT2D eigenvalue weighted by Gasteiger charge is 2.24. The van der Waals surface area contributed by atoms with E-state index in [9.17, 15) is 22.7 Å². The standard InChI is InChI=1S/C16H27N5O5S2/c1-3-27(24,4-2)20-13-7-5-12(6-8-13)10-18-16-15(21(22)23)9-14(11-19-16)28(17,25)26/h9,11-13H,3-8,10H2,1-2H3,(H,18,19)(H2,17,25,26). The number of nitrogens with two attached hydrogens (primary N) is 1. The number of nitrogens with one attached hydrogen (secondary N) is 1. The van der Waals surface area contributed by atoms with Crippen molar-refractivity contribution in [2.24, 2.45) is 15.4 Å². The first kappa shape index (κ1) is 22.5. The van der Waals surface area contributed by atoms with Gasteiger partial charge in [0.15, 0.2) is 0 Å². The first-order valence-electron chi connectivity index (χ1n) is 9.20. The van der Waals surface area contributed by atoms with Crippen LogP contribution in [0, 0.1) is 16.0 Å². The summed E-state index contributed by atoms with van der Waals surface area (Å²) in [4.78, 5) is 14.0. The van der Waals surface area contributed by atoms with Crippen LogP contribution in [-0.4, -0.2) is 46.6 Å². The molecule has 1 heterocycles. The number of aromatic nitrogens is 1. The Labute approximate surface area is 165 Å². The summed E-state index contributed by atoms with van der Waals surface area (Å²) in [6.45, 7) is 4.27. The fourth-order valence-electron chi connectivity index (χ4n) is 3.19. The Balaban J connectivity index is 2.01. The Morgan fingerprint density at radius 1 is 1.25 bits per heavy atom. The Kier molecular flexibility index (Phi) is 7.34. The summed E-state index contributed by atoms with van der Waals surface area (Å²) in [7, 11) is -6.17. The van der Waals surface area contributed by atoms with Crippen molar-refractivity contribution in [2.45, 2.75) is 50.5 Å². The molecule has 1 aromatic rings. The van der Waals surface area contributed by atoms with Crippen LogP contribution in [0.2, 0.25) is 0 Å². The highest BCUT2D eigenvalue weighted by atomic mass is 32.2. The molecule has 0 spiro atoms. The van der Waals surface area contributed by atoms with Crippen LogP contribution in [0.1, 0.15) is 39.5 Å². The molecule has 0 aliphatic heterocycles. The third-order valence-corrected chi connectivity index (χ3v) is 8.35. The molecule has 10 nitrogen and oxygen atoms in total. The van der Waals surface area contributed by atoms with Crippen molar-refractivity contribution >= 4 is 31.3 Å². The molecule has 28 heavy (non-hydrogen) atoms. The van der Waals surface area contributed by atoms with Crippen molar-refractivity contribution in [1.82, 2.24) is 4.98 Å². The van der Waals surface area contributed by atoms with Gasteiger partial charge in [0.05, 0.1) is 11.0 Å². The summed E-state index contributed by atoms with van der Waals surface area (Å²) >= 11 is 0. The van der Waals surface area contributed by atoms with E-state index in [0.717, 1.165) is 37.9 Å². The SMILES string of the molecule is CCS(=O)(CC)=NC1CCC(CNc2ncc(S(N)(=O)=O)cc2[N+](=O)[O-])CC1. The van der Waals surface area contributed by atoms with Gasteiger partial charge in [-0.15, -0.1) is 0 Å². The molecule has 2 rings (SSSR count). The molecular weight excluding hydrogens is 406 g/mol. The number of primary sulfonamides is 1. The van der Waals surface area contributed by atoms with Gasteiger partial charge in [-0.25, -0.2) is 27.1 Å². The van der Waals surface area contributed by atoms with Crippen LogP contribution in [0.3, 0.4) is 0 Å². The van der Waals surface area contributed by atoms with Gasteiger partial charge >= 0.3 is 5.69 Å². The minimum Gasteiger partial charge on any atom is -0.364 e. The molecular formula is C16H27N5O5S2. The van der Waals surface area contributed by atoms with Crippen LogP contribution in [0.25, 0.3) is 0 Å². The maximum absolute atomic E-state index is 12.5. The minimum atomic E-state index is -4.07. The van der Waals surface area contributed by atoms with E-state index in [0.29, 0.717) is 18.1 Å². The molecule has 1 aliphatic carbocycles. The maximum Gasteiger partial charge on any atom is 0.312 e. The molecule has 1 fully saturated rings. The maximum atomic E-state index is 12.5. The van der Waals surface area contributed by atoms with Gasteiger partial charge in [0.1, 0.15) is 4.90 Å². The number of anilines is 1. The average Bonchev–Trinajstić information content (AvgIpc) is 2.66. The zero-order valence-electron chi connectivity index (χ0n) is 16.0. The van der Waals surface area contributed by atoms with E-state index in [4.69, 9.17) is 5.14 Å². The average molecular weight is 434 g/mol. The van der Waals surface area contributed by atoms with Crippen molar-refractivity contribution in [2.75, 3.05) is 23.4 Å². The number of sulfonamides is 1. The second-order valence-corrected chi connectivity index (χ2v) is 11.3. The molecule has 158 valence electrons. The third-order valence-electron chi connectivity index (χ3n) is 4.99. The second-order valence-electron chi connectivity index (χ2n) is 6.85. The predicted molar refractivity (Wildman–Crippen MR) is 108 cm³/mol. The number of nitrogens with zero attached hydrogens (tertiary/aromatic N) is 3. The number of pyridine rings is 1. The molecule has 0 aromatic carbocycles. The van der Waals surface area contributed by atoms with Gasteiger partial charge in [0.2, 0.25) is 15.8 Å². The quantitative estimate of drug-likeness (QED) is 0.469. The van der Waals surface area contributed by atoms with E-state index in [1.807, 2.05) is 13.8 Å². The van der Waals surface area contributed by atoms with Gasteiger partial charge in [-0.1, -0.05) is 13.8 Å². The molecule has 1 aliphatic rings. The minimum absolute atomic E-state index is 0.0178. The topological polar surface area (TPSA) is 158 Å². The van der Waals surface area contributed by atoms with Crippen molar-refractivity contribution in [3.05, 3.63) is 22.4 Å². The molecule has 12 heteroatoms. The van der Waals surface area contributed by atoms with Crippen molar-refractivity contribution in [1.29, 1.82) is 0 Å². The first-order valence-corrected chi connectivity index (χ1v) is 12.6. The van der Waals surface area contributed by atoms with Crippen LogP contribution in [0.4, 0.5) is 11.5 Å². The fraction of sp³-hybridized carbons (Fsp3) is 0.688. The predicted octanol–water partition coefficient (Wildman–Crippen LogP) is 2.12. The zero-order valence-corrected chi connectivity index (χ0v) is 17.7. The van der Waals surface area contributed by atoms with E-state index in [-0.39, 0.29) is 17.8 Å². The van der Waals surface area contributed by atoms with Gasteiger partial charge < -0.3 is 5.32 Å². The summed E-state index contributed by atoms with van der Waals surface area (Å²) in [5.74, 6) is 1.43. The number of hydrogen-bond donors (Lipinski definition) is 2. The lowest BCUT2D eigenvalue weighted by Gasteiger charge is -2.27. The summed E-state index contributed by atoms with van der Waals surface area (Å²) in [5, 5.41) is 19.2. The normalized spacial score (nSPS) is 20.5. The zero-order chi connectivity index (χ0) is 20.9. The van der Waals surface area contributed by atoms with Crippen LogP contribution >= 0.6 is 0 Å². The van der Waals surface area contributed by atoms with Crippen molar-refractivity contribution in [3.63, 3.8) is 0 Å². The summed E-state index contributed by atoms with van der Waals surface area (Å²) in [6.07, 6.45) is 4.42. The summed E-state index contributed by atoms with van der Waals surface area (Å²) < 4.78 is 39.8. The van der Waals surface area contributed by atoms with Crippen LogP contribution in [-0.2, 0) is 19.8 Å². The van der Waals surface area contributed by atoms with Crippen LogP contribution in [0.15, 0.2) is 21.5 Å². The first-order chi connectivity index (χ1) is 13.1. The molecule has 3 N–H and O–H groups in total. The Morgan fingerprint density at radius 2 is 1.86 bits per heavy atom. The molecule has 0 unspecified atom stereocenters. The Morgan fingerprint density at radius 3 is 2.36 bits per heavy atom. The molecule has 0 amide bonds. The fourth-order valence-corrected chi connectivity index (χ4v) is 5.12. The number of nitro groups is 1. The van der Waals surface area contributed by atoms with Crippen LogP contribution < -0.4 is 10.5 Å². The van der Waals surface area contributed by atoms with E-state index in [1.54, 1.807) is 0 Å². The Hall–Kier alpha value is -1.79. The van der Waals surface area contributed by atoms with E-state index in [1.165, 1.54) is 0 Å². The number of rotatable bonds is 8. The number of hydrogen-bond acceptors (Lipinski definition) is 8. The van der Waals surface area contributed by atoms with Crippen molar-refractivity contribution in [3.8, 4) is 0 Å². The van der Waals surface area contributed by atoms with Gasteiger partial charge in [0, 0.05) is 40.0 Å². The molecule has 0 atom stereocenters. The third kappa shape index (κ3) is 5.85. The highest BCUT2D eigenvalue weighted by molar-refractivity contribution is 7.93. The van der Waals surface area contributed by atoms with E-state index in [2.05, 4.69) is 14.7 Å². The summed E-state index contributed by atoms with van der Waals surface area (Å²) in [5.41, 5.74) is -0.430. The van der Waals surface area contributed by atoms with E-state index >= 15 is 0 Å². The van der Waals surface area contributed by atoms with Gasteiger partial charge in [0.25, 0.3) is 0 Å². The Bertz CT molecular complexity index is 923. The molecule has 1 aromatic heterocycles. The monoisotopic (exact) mass is 433 g/mol. The second kappa shape index (κ2) is 9.14. The van der Waals surface area contributed by atoms with Gasteiger partial charge in [-0.2, -0.15) is 0 Å². The lowest BCUT2D eigenvalue weighted by atomic mass is 9.86. The highest BCUT2D eigenvalue weighted by Crippen LogP contribution is 2.29. The molecule has 1 saturated carbocycles. The lowest BCUT2D eigenvalue weighted by Crippen LogP contribution is -2.25. The molecule has 0 radical (unpaired) electrons.